The molecule has 0 bridgehead atoms. The van der Waals surface area contributed by atoms with Gasteiger partial charge in [0.25, 0.3) is 0 Å². The van der Waals surface area contributed by atoms with E-state index in [4.69, 9.17) is 9.47 Å². The fourth-order valence-corrected chi connectivity index (χ4v) is 4.22. The molecule has 0 N–H and O–H groups in total. The highest BCUT2D eigenvalue weighted by Crippen LogP contribution is 2.45. The van der Waals surface area contributed by atoms with E-state index in [0.29, 0.717) is 19.7 Å². The Morgan fingerprint density at radius 2 is 1.83 bits per heavy atom. The Labute approximate surface area is 168 Å². The molecule has 2 aliphatic rings. The minimum Gasteiger partial charge on any atom is -0.457 e. The molecule has 2 aliphatic heterocycles. The molecule has 0 saturated carbocycles. The van der Waals surface area contributed by atoms with E-state index < -0.39 is 0 Å². The Hall–Kier alpha value is -3.19. The molecule has 3 aromatic rings. The van der Waals surface area contributed by atoms with Gasteiger partial charge in [0.05, 0.1) is 24.8 Å². The summed E-state index contributed by atoms with van der Waals surface area (Å²) in [6.45, 7) is 1.76. The molecule has 1 amide bonds. The quantitative estimate of drug-likeness (QED) is 0.685. The third kappa shape index (κ3) is 3.17. The molecular formula is C22H22N4O3. The molecule has 29 heavy (non-hydrogen) atoms. The van der Waals surface area contributed by atoms with Gasteiger partial charge in [0.1, 0.15) is 17.2 Å². The summed E-state index contributed by atoms with van der Waals surface area (Å²) in [6, 6.07) is 15.7. The summed E-state index contributed by atoms with van der Waals surface area (Å²) in [5.41, 5.74) is 2.63. The van der Waals surface area contributed by atoms with E-state index in [1.54, 1.807) is 7.11 Å². The molecule has 1 saturated heterocycles. The molecule has 1 unspecified atom stereocenters. The Morgan fingerprint density at radius 3 is 2.52 bits per heavy atom. The number of aromatic nitrogens is 3. The second kappa shape index (κ2) is 7.33. The maximum atomic E-state index is 13.6. The van der Waals surface area contributed by atoms with Crippen LogP contribution in [0.3, 0.4) is 0 Å². The Kier molecular flexibility index (Phi) is 4.52. The number of likely N-dealkylation sites (tertiary alicyclic amines) is 1. The van der Waals surface area contributed by atoms with Crippen LogP contribution in [0.25, 0.3) is 0 Å². The van der Waals surface area contributed by atoms with Gasteiger partial charge in [0.15, 0.2) is 0 Å². The van der Waals surface area contributed by atoms with E-state index in [2.05, 4.69) is 10.3 Å². The van der Waals surface area contributed by atoms with Crippen LogP contribution in [-0.4, -0.2) is 46.0 Å². The molecule has 1 aromatic heterocycles. The predicted octanol–water partition coefficient (Wildman–Crippen LogP) is 3.14. The van der Waals surface area contributed by atoms with Crippen LogP contribution < -0.4 is 4.74 Å². The lowest BCUT2D eigenvalue weighted by Gasteiger charge is -2.30. The summed E-state index contributed by atoms with van der Waals surface area (Å²) in [7, 11) is 1.64. The Morgan fingerprint density at radius 1 is 1.14 bits per heavy atom. The second-order valence-electron chi connectivity index (χ2n) is 7.46. The van der Waals surface area contributed by atoms with E-state index >= 15 is 0 Å². The van der Waals surface area contributed by atoms with E-state index in [1.165, 1.54) is 0 Å². The van der Waals surface area contributed by atoms with Crippen molar-refractivity contribution in [2.24, 2.45) is 0 Å². The molecule has 1 atom stereocenters. The second-order valence-corrected chi connectivity index (χ2v) is 7.46. The average molecular weight is 390 g/mol. The van der Waals surface area contributed by atoms with Crippen molar-refractivity contribution in [1.82, 2.24) is 19.9 Å². The summed E-state index contributed by atoms with van der Waals surface area (Å²) in [5, 5.41) is 8.36. The fraction of sp³-hybridized carbons (Fsp3) is 0.318. The number of nitrogens with zero attached hydrogens (tertiary/aromatic N) is 4. The molecule has 0 spiro atoms. The lowest BCUT2D eigenvalue weighted by Crippen LogP contribution is -2.35. The highest BCUT2D eigenvalue weighted by molar-refractivity contribution is 5.90. The highest BCUT2D eigenvalue weighted by atomic mass is 16.5. The van der Waals surface area contributed by atoms with Gasteiger partial charge in [0, 0.05) is 31.3 Å². The van der Waals surface area contributed by atoms with Crippen LogP contribution in [0.2, 0.25) is 0 Å². The molecule has 5 rings (SSSR count). The summed E-state index contributed by atoms with van der Waals surface area (Å²) in [6.07, 6.45) is 2.76. The van der Waals surface area contributed by atoms with Gasteiger partial charge in [-0.25, -0.2) is 4.68 Å². The fourth-order valence-electron chi connectivity index (χ4n) is 4.22. The minimum atomic E-state index is -0.352. The first-order valence-electron chi connectivity index (χ1n) is 9.78. The number of amides is 1. The normalized spacial score (nSPS) is 18.2. The molecule has 0 aliphatic carbocycles. The number of ether oxygens (including phenoxy) is 2. The van der Waals surface area contributed by atoms with Gasteiger partial charge in [0.2, 0.25) is 5.91 Å². The van der Waals surface area contributed by atoms with Crippen molar-refractivity contribution < 1.29 is 14.3 Å². The molecular weight excluding hydrogens is 368 g/mol. The predicted molar refractivity (Wildman–Crippen MR) is 106 cm³/mol. The molecule has 7 heteroatoms. The zero-order valence-electron chi connectivity index (χ0n) is 16.2. The minimum absolute atomic E-state index is 0.105. The maximum Gasteiger partial charge on any atom is 0.234 e. The van der Waals surface area contributed by atoms with Crippen LogP contribution >= 0.6 is 0 Å². The van der Waals surface area contributed by atoms with Crippen molar-refractivity contribution in [1.29, 1.82) is 0 Å². The van der Waals surface area contributed by atoms with Gasteiger partial charge in [-0.2, -0.15) is 0 Å². The van der Waals surface area contributed by atoms with Crippen LogP contribution in [0.4, 0.5) is 0 Å². The number of hydrogen-bond donors (Lipinski definition) is 0. The zero-order valence-corrected chi connectivity index (χ0v) is 16.2. The largest absolute Gasteiger partial charge is 0.457 e. The lowest BCUT2D eigenvalue weighted by molar-refractivity contribution is -0.131. The van der Waals surface area contributed by atoms with Crippen LogP contribution in [0.15, 0.2) is 54.7 Å². The first-order valence-corrected chi connectivity index (χ1v) is 9.78. The van der Waals surface area contributed by atoms with E-state index in [-0.39, 0.29) is 17.9 Å². The first-order chi connectivity index (χ1) is 14.2. The smallest absolute Gasteiger partial charge is 0.234 e. The SMILES string of the molecule is COCc1cn(C2CCN(C(=O)C3c4ccccc4Oc4ccccc43)C2)nn1. The summed E-state index contributed by atoms with van der Waals surface area (Å²) in [4.78, 5) is 15.6. The topological polar surface area (TPSA) is 69.5 Å². The monoisotopic (exact) mass is 390 g/mol. The van der Waals surface area contributed by atoms with Crippen LogP contribution in [0.5, 0.6) is 11.5 Å². The third-order valence-corrected chi connectivity index (χ3v) is 5.63. The van der Waals surface area contributed by atoms with E-state index in [9.17, 15) is 4.79 Å². The van der Waals surface area contributed by atoms with Crippen molar-refractivity contribution in [2.45, 2.75) is 25.0 Å². The number of benzene rings is 2. The van der Waals surface area contributed by atoms with Gasteiger partial charge >= 0.3 is 0 Å². The number of hydrogen-bond acceptors (Lipinski definition) is 5. The number of carbonyl (C=O) groups excluding carboxylic acids is 1. The van der Waals surface area contributed by atoms with Crippen molar-refractivity contribution >= 4 is 5.91 Å². The first kappa shape index (κ1) is 17.9. The number of rotatable bonds is 4. The number of para-hydroxylation sites is 2. The van der Waals surface area contributed by atoms with Gasteiger partial charge < -0.3 is 14.4 Å². The van der Waals surface area contributed by atoms with Crippen LogP contribution in [-0.2, 0) is 16.1 Å². The molecule has 0 radical (unpaired) electrons. The average Bonchev–Trinajstić information content (AvgIpc) is 3.41. The third-order valence-electron chi connectivity index (χ3n) is 5.63. The Balaban J connectivity index is 1.41. The molecule has 148 valence electrons. The van der Waals surface area contributed by atoms with Crippen molar-refractivity contribution in [3.8, 4) is 11.5 Å². The molecule has 1 fully saturated rings. The van der Waals surface area contributed by atoms with Gasteiger partial charge in [-0.15, -0.1) is 5.10 Å². The summed E-state index contributed by atoms with van der Waals surface area (Å²) in [5.74, 6) is 1.25. The van der Waals surface area contributed by atoms with Gasteiger partial charge in [-0.3, -0.25) is 4.79 Å². The number of methoxy groups -OCH3 is 1. The number of carbonyl (C=O) groups is 1. The highest BCUT2D eigenvalue weighted by Gasteiger charge is 2.38. The van der Waals surface area contributed by atoms with Crippen LogP contribution in [0.1, 0.15) is 35.2 Å². The van der Waals surface area contributed by atoms with Gasteiger partial charge in [-0.1, -0.05) is 41.6 Å². The molecule has 3 heterocycles. The molecule has 7 nitrogen and oxygen atoms in total. The Bertz CT molecular complexity index is 1000. The number of fused-ring (bicyclic) bond motifs is 2. The summed E-state index contributed by atoms with van der Waals surface area (Å²) >= 11 is 0. The van der Waals surface area contributed by atoms with Crippen molar-refractivity contribution in [3.05, 3.63) is 71.5 Å². The molecule has 2 aromatic carbocycles. The van der Waals surface area contributed by atoms with Crippen molar-refractivity contribution in [3.63, 3.8) is 0 Å². The summed E-state index contributed by atoms with van der Waals surface area (Å²) < 4.78 is 13.0. The van der Waals surface area contributed by atoms with E-state index in [1.807, 2.05) is 64.3 Å². The van der Waals surface area contributed by atoms with Gasteiger partial charge in [-0.05, 0) is 18.6 Å². The standard InChI is InChI=1S/C22H22N4O3/c1-28-14-15-12-26(24-23-15)16-10-11-25(13-16)22(27)21-17-6-2-4-8-19(17)29-20-9-5-3-7-18(20)21/h2-9,12,16,21H,10-11,13-14H2,1H3. The lowest BCUT2D eigenvalue weighted by atomic mass is 9.87. The zero-order chi connectivity index (χ0) is 19.8. The maximum absolute atomic E-state index is 13.6. The van der Waals surface area contributed by atoms with Crippen molar-refractivity contribution in [2.75, 3.05) is 20.2 Å². The van der Waals surface area contributed by atoms with E-state index in [0.717, 1.165) is 34.7 Å². The van der Waals surface area contributed by atoms with Crippen LogP contribution in [0, 0.1) is 0 Å².